The highest BCUT2D eigenvalue weighted by molar-refractivity contribution is 7.80. The first-order valence-corrected chi connectivity index (χ1v) is 9.82. The molecular formula is C18H34N4OS. The fourth-order valence-corrected chi connectivity index (χ4v) is 4.21. The van der Waals surface area contributed by atoms with Crippen LogP contribution in [0.15, 0.2) is 0 Å². The lowest BCUT2D eigenvalue weighted by molar-refractivity contribution is -0.134. The van der Waals surface area contributed by atoms with Gasteiger partial charge in [-0.05, 0) is 37.4 Å². The van der Waals surface area contributed by atoms with E-state index in [-0.39, 0.29) is 11.7 Å². The molecule has 0 aromatic carbocycles. The average Bonchev–Trinajstić information content (AvgIpc) is 2.73. The normalized spacial score (nSPS) is 23.6. The van der Waals surface area contributed by atoms with Crippen LogP contribution in [0, 0.1) is 11.8 Å². The molecule has 2 aliphatic heterocycles. The van der Waals surface area contributed by atoms with Crippen molar-refractivity contribution in [3.63, 3.8) is 0 Å². The molecule has 0 radical (unpaired) electrons. The summed E-state index contributed by atoms with van der Waals surface area (Å²) in [5.74, 6) is 1.29. The van der Waals surface area contributed by atoms with Gasteiger partial charge in [-0.2, -0.15) is 0 Å². The maximum atomic E-state index is 13.0. The summed E-state index contributed by atoms with van der Waals surface area (Å²) in [6, 6.07) is -0.0315. The standard InChI is InChI=1S/C18H34N4OS/c1-6-19-17(24)21-9-7-18(8-10-21)20-15(11-13(2)3)16(23)22(18)12-14(4)5/h13-15,20H,6-12H2,1-5H3,(H,19,24)/t15-/m1/s1. The Bertz CT molecular complexity index is 458. The zero-order valence-electron chi connectivity index (χ0n) is 15.9. The molecular weight excluding hydrogens is 320 g/mol. The summed E-state index contributed by atoms with van der Waals surface area (Å²) < 4.78 is 0. The molecule has 2 rings (SSSR count). The maximum absolute atomic E-state index is 13.0. The summed E-state index contributed by atoms with van der Waals surface area (Å²) >= 11 is 5.45. The number of thiocarbonyl (C=S) groups is 1. The van der Waals surface area contributed by atoms with Crippen LogP contribution in [0.2, 0.25) is 0 Å². The molecule has 0 aromatic rings. The number of nitrogens with zero attached hydrogens (tertiary/aromatic N) is 2. The Balaban J connectivity index is 2.11. The van der Waals surface area contributed by atoms with Crippen LogP contribution in [0.1, 0.15) is 53.9 Å². The number of carbonyl (C=O) groups excluding carboxylic acids is 1. The van der Waals surface area contributed by atoms with E-state index in [2.05, 4.69) is 55.1 Å². The van der Waals surface area contributed by atoms with Crippen LogP contribution < -0.4 is 10.6 Å². The zero-order chi connectivity index (χ0) is 17.9. The number of rotatable bonds is 5. The van der Waals surface area contributed by atoms with Crippen molar-refractivity contribution in [2.24, 2.45) is 11.8 Å². The summed E-state index contributed by atoms with van der Waals surface area (Å²) in [5.41, 5.74) is -0.181. The van der Waals surface area contributed by atoms with Crippen molar-refractivity contribution >= 4 is 23.2 Å². The Morgan fingerprint density at radius 3 is 2.42 bits per heavy atom. The smallest absolute Gasteiger partial charge is 0.241 e. The van der Waals surface area contributed by atoms with E-state index in [0.717, 1.165) is 50.6 Å². The van der Waals surface area contributed by atoms with Gasteiger partial charge in [0.1, 0.15) is 0 Å². The molecule has 2 heterocycles. The molecule has 0 aromatic heterocycles. The summed E-state index contributed by atoms with van der Waals surface area (Å²) in [7, 11) is 0. The van der Waals surface area contributed by atoms with Gasteiger partial charge in [-0.25, -0.2) is 0 Å². The topological polar surface area (TPSA) is 47.6 Å². The number of hydrogen-bond acceptors (Lipinski definition) is 3. The minimum atomic E-state index is -0.181. The molecule has 2 fully saturated rings. The number of hydrogen-bond donors (Lipinski definition) is 2. The molecule has 24 heavy (non-hydrogen) atoms. The summed E-state index contributed by atoms with van der Waals surface area (Å²) in [6.45, 7) is 14.3. The quantitative estimate of drug-likeness (QED) is 0.741. The average molecular weight is 355 g/mol. The molecule has 0 saturated carbocycles. The highest BCUT2D eigenvalue weighted by Crippen LogP contribution is 2.34. The van der Waals surface area contributed by atoms with Gasteiger partial charge in [0, 0.05) is 39.0 Å². The number of amides is 1. The molecule has 0 aliphatic carbocycles. The van der Waals surface area contributed by atoms with E-state index in [1.54, 1.807) is 0 Å². The first kappa shape index (κ1) is 19.4. The van der Waals surface area contributed by atoms with Gasteiger partial charge in [0.05, 0.1) is 11.7 Å². The molecule has 2 saturated heterocycles. The highest BCUT2D eigenvalue weighted by Gasteiger charge is 2.51. The van der Waals surface area contributed by atoms with Crippen molar-refractivity contribution in [1.82, 2.24) is 20.4 Å². The Kier molecular flexibility index (Phi) is 6.48. The minimum absolute atomic E-state index is 0.0315. The van der Waals surface area contributed by atoms with Gasteiger partial charge in [0.15, 0.2) is 5.11 Å². The second kappa shape index (κ2) is 8.00. The first-order chi connectivity index (χ1) is 11.3. The van der Waals surface area contributed by atoms with Crippen LogP contribution in [0.5, 0.6) is 0 Å². The van der Waals surface area contributed by atoms with Gasteiger partial charge in [0.25, 0.3) is 0 Å². The van der Waals surface area contributed by atoms with Crippen LogP contribution >= 0.6 is 12.2 Å². The highest BCUT2D eigenvalue weighted by atomic mass is 32.1. The predicted molar refractivity (Wildman–Crippen MR) is 103 cm³/mol. The van der Waals surface area contributed by atoms with Gasteiger partial charge < -0.3 is 15.1 Å². The summed E-state index contributed by atoms with van der Waals surface area (Å²) in [5, 5.41) is 7.80. The van der Waals surface area contributed by atoms with Crippen molar-refractivity contribution in [3.8, 4) is 0 Å². The van der Waals surface area contributed by atoms with Gasteiger partial charge >= 0.3 is 0 Å². The molecule has 138 valence electrons. The molecule has 2 aliphatic rings. The Hall–Kier alpha value is -0.880. The van der Waals surface area contributed by atoms with Gasteiger partial charge in [0.2, 0.25) is 5.91 Å². The van der Waals surface area contributed by atoms with Crippen molar-refractivity contribution in [2.45, 2.75) is 65.6 Å². The minimum Gasteiger partial charge on any atom is -0.363 e. The number of nitrogens with one attached hydrogen (secondary N) is 2. The van der Waals surface area contributed by atoms with Crippen LogP contribution in [0.4, 0.5) is 0 Å². The lowest BCUT2D eigenvalue weighted by Gasteiger charge is -2.45. The predicted octanol–water partition coefficient (Wildman–Crippen LogP) is 2.18. The molecule has 1 spiro atoms. The molecule has 1 amide bonds. The van der Waals surface area contributed by atoms with Crippen LogP contribution in [0.3, 0.4) is 0 Å². The Morgan fingerprint density at radius 2 is 1.92 bits per heavy atom. The van der Waals surface area contributed by atoms with E-state index in [0.29, 0.717) is 17.7 Å². The zero-order valence-corrected chi connectivity index (χ0v) is 16.7. The van der Waals surface area contributed by atoms with Crippen LogP contribution in [0.25, 0.3) is 0 Å². The molecule has 5 nitrogen and oxygen atoms in total. The second-order valence-electron chi connectivity index (χ2n) is 8.02. The fraction of sp³-hybridized carbons (Fsp3) is 0.889. The number of likely N-dealkylation sites (tertiary alicyclic amines) is 1. The van der Waals surface area contributed by atoms with Crippen molar-refractivity contribution in [3.05, 3.63) is 0 Å². The summed E-state index contributed by atoms with van der Waals surface area (Å²) in [6.07, 6.45) is 2.78. The van der Waals surface area contributed by atoms with Crippen molar-refractivity contribution in [1.29, 1.82) is 0 Å². The van der Waals surface area contributed by atoms with Gasteiger partial charge in [-0.15, -0.1) is 0 Å². The number of piperidine rings is 1. The third-order valence-electron chi connectivity index (χ3n) is 4.98. The van der Waals surface area contributed by atoms with E-state index >= 15 is 0 Å². The molecule has 0 unspecified atom stereocenters. The van der Waals surface area contributed by atoms with Crippen molar-refractivity contribution < 1.29 is 4.79 Å². The lowest BCUT2D eigenvalue weighted by atomic mass is 9.95. The Labute approximate surface area is 152 Å². The van der Waals surface area contributed by atoms with E-state index in [1.165, 1.54) is 0 Å². The molecule has 1 atom stereocenters. The van der Waals surface area contributed by atoms with E-state index in [1.807, 2.05) is 0 Å². The molecule has 2 N–H and O–H groups in total. The monoisotopic (exact) mass is 354 g/mol. The number of carbonyl (C=O) groups is 1. The first-order valence-electron chi connectivity index (χ1n) is 9.41. The largest absolute Gasteiger partial charge is 0.363 e. The lowest BCUT2D eigenvalue weighted by Crippen LogP contribution is -2.60. The third kappa shape index (κ3) is 4.20. The summed E-state index contributed by atoms with van der Waals surface area (Å²) in [4.78, 5) is 17.4. The van der Waals surface area contributed by atoms with Gasteiger partial charge in [-0.3, -0.25) is 10.1 Å². The van der Waals surface area contributed by atoms with Crippen LogP contribution in [-0.4, -0.2) is 58.7 Å². The van der Waals surface area contributed by atoms with Gasteiger partial charge in [-0.1, -0.05) is 27.7 Å². The SMILES string of the molecule is CCNC(=S)N1CCC2(CC1)N[C@H](CC(C)C)C(=O)N2CC(C)C. The van der Waals surface area contributed by atoms with E-state index < -0.39 is 0 Å². The van der Waals surface area contributed by atoms with E-state index in [4.69, 9.17) is 12.2 Å². The van der Waals surface area contributed by atoms with E-state index in [9.17, 15) is 4.79 Å². The maximum Gasteiger partial charge on any atom is 0.241 e. The molecule has 6 heteroatoms. The molecule has 0 bridgehead atoms. The second-order valence-corrected chi connectivity index (χ2v) is 8.41. The third-order valence-corrected chi connectivity index (χ3v) is 5.39. The Morgan fingerprint density at radius 1 is 1.29 bits per heavy atom. The van der Waals surface area contributed by atoms with Crippen molar-refractivity contribution in [2.75, 3.05) is 26.2 Å². The van der Waals surface area contributed by atoms with Crippen LogP contribution in [-0.2, 0) is 4.79 Å². The fourth-order valence-electron chi connectivity index (χ4n) is 3.88.